The third kappa shape index (κ3) is 2.89. The maximum absolute atomic E-state index is 11.9. The van der Waals surface area contributed by atoms with Crippen molar-refractivity contribution in [3.8, 4) is 5.88 Å². The van der Waals surface area contributed by atoms with Crippen LogP contribution in [0.5, 0.6) is 5.88 Å². The van der Waals surface area contributed by atoms with Crippen LogP contribution < -0.4 is 9.92 Å². The maximum Gasteiger partial charge on any atom is 0.534 e. The van der Waals surface area contributed by atoms with Gasteiger partial charge in [0, 0.05) is 11.8 Å². The number of halogens is 4. The SMILES string of the molecule is Nc1cc(Cl)nc(OS(=O)(=O)C(F)(F)F)c1. The van der Waals surface area contributed by atoms with E-state index in [4.69, 9.17) is 17.3 Å². The molecule has 10 heteroatoms. The number of nitrogens with zero attached hydrogens (tertiary/aromatic N) is 1. The Bertz CT molecular complexity index is 482. The first kappa shape index (κ1) is 12.8. The lowest BCUT2D eigenvalue weighted by atomic mass is 10.4. The summed E-state index contributed by atoms with van der Waals surface area (Å²) in [7, 11) is -5.76. The monoisotopic (exact) mass is 276 g/mol. The molecule has 0 saturated carbocycles. The van der Waals surface area contributed by atoms with Crippen LogP contribution in [0.2, 0.25) is 5.15 Å². The molecule has 2 N–H and O–H groups in total. The summed E-state index contributed by atoms with van der Waals surface area (Å²) in [6.07, 6.45) is 0. The van der Waals surface area contributed by atoms with Crippen molar-refractivity contribution >= 4 is 27.4 Å². The van der Waals surface area contributed by atoms with E-state index in [2.05, 4.69) is 9.17 Å². The number of alkyl halides is 3. The van der Waals surface area contributed by atoms with Crippen molar-refractivity contribution in [2.24, 2.45) is 0 Å². The molecule has 1 heterocycles. The second-order valence-electron chi connectivity index (χ2n) is 2.54. The number of anilines is 1. The van der Waals surface area contributed by atoms with E-state index in [1.54, 1.807) is 0 Å². The van der Waals surface area contributed by atoms with Crippen LogP contribution in [0, 0.1) is 0 Å². The van der Waals surface area contributed by atoms with Crippen LogP contribution in [0.3, 0.4) is 0 Å². The number of hydrogen-bond donors (Lipinski definition) is 1. The summed E-state index contributed by atoms with van der Waals surface area (Å²) >= 11 is 5.35. The zero-order chi connectivity index (χ0) is 12.6. The van der Waals surface area contributed by atoms with Gasteiger partial charge in [-0.25, -0.2) is 4.98 Å². The van der Waals surface area contributed by atoms with Crippen LogP contribution in [0.1, 0.15) is 0 Å². The van der Waals surface area contributed by atoms with Crippen LogP contribution >= 0.6 is 11.6 Å². The van der Waals surface area contributed by atoms with Crippen molar-refractivity contribution in [1.82, 2.24) is 4.98 Å². The quantitative estimate of drug-likeness (QED) is 0.503. The van der Waals surface area contributed by atoms with Crippen LogP contribution in [0.15, 0.2) is 12.1 Å². The standard InChI is InChI=1S/C6H4ClF3N2O3S/c7-4-1-3(11)2-5(12-4)15-16(13,14)6(8,9)10/h1-2H,(H2,11,12). The van der Waals surface area contributed by atoms with Crippen molar-refractivity contribution in [2.75, 3.05) is 5.73 Å². The van der Waals surface area contributed by atoms with E-state index >= 15 is 0 Å². The fraction of sp³-hybridized carbons (Fsp3) is 0.167. The molecule has 0 amide bonds. The summed E-state index contributed by atoms with van der Waals surface area (Å²) < 4.78 is 60.6. The molecule has 0 unspecified atom stereocenters. The van der Waals surface area contributed by atoms with Gasteiger partial charge in [0.2, 0.25) is 5.88 Å². The number of hydrogen-bond acceptors (Lipinski definition) is 5. The van der Waals surface area contributed by atoms with Crippen molar-refractivity contribution in [3.05, 3.63) is 17.3 Å². The molecule has 0 bridgehead atoms. The Hall–Kier alpha value is -1.22. The normalized spacial score (nSPS) is 12.5. The van der Waals surface area contributed by atoms with Gasteiger partial charge in [-0.1, -0.05) is 11.6 Å². The van der Waals surface area contributed by atoms with Gasteiger partial charge in [-0.3, -0.25) is 0 Å². The summed E-state index contributed by atoms with van der Waals surface area (Å²) in [5.74, 6) is -0.845. The maximum atomic E-state index is 11.9. The lowest BCUT2D eigenvalue weighted by Gasteiger charge is -2.08. The molecular formula is C6H4ClF3N2O3S. The summed E-state index contributed by atoms with van der Waals surface area (Å²) in [6, 6.07) is 1.92. The number of aromatic nitrogens is 1. The Morgan fingerprint density at radius 3 is 2.38 bits per heavy atom. The topological polar surface area (TPSA) is 82.3 Å². The second-order valence-corrected chi connectivity index (χ2v) is 4.47. The molecule has 16 heavy (non-hydrogen) atoms. The van der Waals surface area contributed by atoms with Crippen LogP contribution in [-0.4, -0.2) is 18.9 Å². The summed E-state index contributed by atoms with van der Waals surface area (Å²) in [5.41, 5.74) is -0.406. The number of nitrogen functional groups attached to an aromatic ring is 1. The van der Waals surface area contributed by atoms with E-state index < -0.39 is 21.5 Å². The fourth-order valence-electron chi connectivity index (χ4n) is 0.694. The highest BCUT2D eigenvalue weighted by Crippen LogP contribution is 2.27. The predicted octanol–water partition coefficient (Wildman–Crippen LogP) is 1.55. The number of pyridine rings is 1. The van der Waals surface area contributed by atoms with Gasteiger partial charge in [0.25, 0.3) is 0 Å². The van der Waals surface area contributed by atoms with Crippen molar-refractivity contribution in [3.63, 3.8) is 0 Å². The minimum atomic E-state index is -5.76. The summed E-state index contributed by atoms with van der Waals surface area (Å²) in [5, 5.41) is -0.285. The zero-order valence-corrected chi connectivity index (χ0v) is 8.90. The van der Waals surface area contributed by atoms with Gasteiger partial charge in [0.15, 0.2) is 0 Å². The molecule has 0 spiro atoms. The molecule has 0 aliphatic heterocycles. The molecule has 1 aromatic heterocycles. The Balaban J connectivity index is 3.07. The molecule has 0 atom stereocenters. The highest BCUT2D eigenvalue weighted by atomic mass is 35.5. The zero-order valence-electron chi connectivity index (χ0n) is 7.32. The second kappa shape index (κ2) is 3.98. The van der Waals surface area contributed by atoms with Gasteiger partial charge in [0.1, 0.15) is 5.15 Å². The van der Waals surface area contributed by atoms with Gasteiger partial charge >= 0.3 is 15.6 Å². The van der Waals surface area contributed by atoms with Gasteiger partial charge in [0.05, 0.1) is 0 Å². The van der Waals surface area contributed by atoms with E-state index in [1.165, 1.54) is 0 Å². The molecule has 1 rings (SSSR count). The van der Waals surface area contributed by atoms with E-state index in [0.717, 1.165) is 12.1 Å². The van der Waals surface area contributed by atoms with Crippen LogP contribution in [0.25, 0.3) is 0 Å². The van der Waals surface area contributed by atoms with Gasteiger partial charge < -0.3 is 9.92 Å². The molecule has 5 nitrogen and oxygen atoms in total. The molecular weight excluding hydrogens is 273 g/mol. The minimum Gasteiger partial charge on any atom is -0.398 e. The lowest BCUT2D eigenvalue weighted by Crippen LogP contribution is -2.28. The van der Waals surface area contributed by atoms with Crippen LogP contribution in [0.4, 0.5) is 18.9 Å². The van der Waals surface area contributed by atoms with E-state index in [9.17, 15) is 21.6 Å². The Kier molecular flexibility index (Phi) is 3.20. The number of rotatable bonds is 2. The van der Waals surface area contributed by atoms with Gasteiger partial charge in [-0.15, -0.1) is 0 Å². The fourth-order valence-corrected chi connectivity index (χ4v) is 1.31. The third-order valence-electron chi connectivity index (χ3n) is 1.27. The number of nitrogens with two attached hydrogens (primary N) is 1. The molecule has 0 saturated heterocycles. The summed E-state index contributed by atoms with van der Waals surface area (Å²) in [6.45, 7) is 0. The first-order valence-corrected chi connectivity index (χ1v) is 5.34. The minimum absolute atomic E-state index is 0.0765. The van der Waals surface area contributed by atoms with E-state index in [1.807, 2.05) is 0 Å². The predicted molar refractivity (Wildman–Crippen MR) is 49.3 cm³/mol. The molecule has 0 fully saturated rings. The third-order valence-corrected chi connectivity index (χ3v) is 2.42. The average molecular weight is 277 g/mol. The molecule has 0 aliphatic carbocycles. The van der Waals surface area contributed by atoms with Crippen LogP contribution in [-0.2, 0) is 10.1 Å². The first-order valence-electron chi connectivity index (χ1n) is 3.55. The largest absolute Gasteiger partial charge is 0.534 e. The average Bonchev–Trinajstić information content (AvgIpc) is 1.97. The van der Waals surface area contributed by atoms with Crippen molar-refractivity contribution in [1.29, 1.82) is 0 Å². The van der Waals surface area contributed by atoms with E-state index in [0.29, 0.717) is 0 Å². The molecule has 0 radical (unpaired) electrons. The Morgan fingerprint density at radius 1 is 1.38 bits per heavy atom. The van der Waals surface area contributed by atoms with E-state index in [-0.39, 0.29) is 10.8 Å². The highest BCUT2D eigenvalue weighted by molar-refractivity contribution is 7.87. The lowest BCUT2D eigenvalue weighted by molar-refractivity contribution is -0.0501. The Morgan fingerprint density at radius 2 is 1.94 bits per heavy atom. The smallest absolute Gasteiger partial charge is 0.398 e. The highest BCUT2D eigenvalue weighted by Gasteiger charge is 2.48. The molecule has 0 aromatic carbocycles. The Labute approximate surface area is 93.1 Å². The van der Waals surface area contributed by atoms with Crippen molar-refractivity contribution in [2.45, 2.75) is 5.51 Å². The van der Waals surface area contributed by atoms with Gasteiger partial charge in [-0.2, -0.15) is 21.6 Å². The molecule has 90 valence electrons. The first-order chi connectivity index (χ1) is 7.12. The molecule has 1 aromatic rings. The van der Waals surface area contributed by atoms with Crippen molar-refractivity contribution < 1.29 is 25.8 Å². The summed E-state index contributed by atoms with van der Waals surface area (Å²) in [4.78, 5) is 3.22. The molecule has 0 aliphatic rings. The van der Waals surface area contributed by atoms with Gasteiger partial charge in [-0.05, 0) is 6.07 Å².